The molecule has 1 atom stereocenters. The molecule has 6 heteroatoms. The van der Waals surface area contributed by atoms with Crippen molar-refractivity contribution in [3.8, 4) is 17.1 Å². The Morgan fingerprint density at radius 3 is 2.58 bits per heavy atom. The van der Waals surface area contributed by atoms with Gasteiger partial charge in [-0.05, 0) is 36.8 Å². The molecule has 0 radical (unpaired) electrons. The number of rotatable bonds is 7. The van der Waals surface area contributed by atoms with Crippen LogP contribution in [0.5, 0.6) is 5.75 Å². The topological polar surface area (TPSA) is 77.2 Å². The molecule has 0 saturated heterocycles. The number of aryl methyl sites for hydroxylation is 1. The van der Waals surface area contributed by atoms with E-state index in [4.69, 9.17) is 9.26 Å². The molecule has 0 aliphatic rings. The van der Waals surface area contributed by atoms with Crippen molar-refractivity contribution in [2.45, 2.75) is 25.8 Å². The lowest BCUT2D eigenvalue weighted by atomic mass is 10.1. The number of nitrogens with one attached hydrogen (secondary N) is 1. The van der Waals surface area contributed by atoms with Crippen LogP contribution in [0.2, 0.25) is 0 Å². The fourth-order valence-electron chi connectivity index (χ4n) is 2.57. The molecule has 2 aromatic carbocycles. The summed E-state index contributed by atoms with van der Waals surface area (Å²) in [5, 5.41) is 6.94. The molecule has 0 spiro atoms. The molecule has 3 rings (SSSR count). The number of ether oxygens (including phenoxy) is 1. The zero-order valence-corrected chi connectivity index (χ0v) is 14.8. The molecule has 1 amide bonds. The van der Waals surface area contributed by atoms with E-state index in [-0.39, 0.29) is 11.9 Å². The molecule has 0 unspecified atom stereocenters. The van der Waals surface area contributed by atoms with Crippen LogP contribution in [0, 0.1) is 0 Å². The van der Waals surface area contributed by atoms with Crippen molar-refractivity contribution in [2.24, 2.45) is 0 Å². The van der Waals surface area contributed by atoms with Gasteiger partial charge in [0.25, 0.3) is 0 Å². The van der Waals surface area contributed by atoms with E-state index in [0.717, 1.165) is 16.9 Å². The summed E-state index contributed by atoms with van der Waals surface area (Å²) < 4.78 is 10.4. The Labute approximate surface area is 152 Å². The number of hydrogen-bond acceptors (Lipinski definition) is 5. The van der Waals surface area contributed by atoms with E-state index in [2.05, 4.69) is 15.5 Å². The van der Waals surface area contributed by atoms with Crippen LogP contribution in [0.3, 0.4) is 0 Å². The van der Waals surface area contributed by atoms with Gasteiger partial charge in [0.05, 0.1) is 13.2 Å². The molecule has 3 aromatic rings. The Morgan fingerprint density at radius 2 is 1.88 bits per heavy atom. The number of methoxy groups -OCH3 is 1. The molecule has 0 fully saturated rings. The molecule has 0 saturated carbocycles. The minimum Gasteiger partial charge on any atom is -0.497 e. The van der Waals surface area contributed by atoms with Gasteiger partial charge in [-0.25, -0.2) is 0 Å². The van der Waals surface area contributed by atoms with Gasteiger partial charge < -0.3 is 14.6 Å². The first kappa shape index (κ1) is 17.7. The highest BCUT2D eigenvalue weighted by Gasteiger charge is 2.13. The summed E-state index contributed by atoms with van der Waals surface area (Å²) in [6.45, 7) is 1.96. The summed E-state index contributed by atoms with van der Waals surface area (Å²) in [6.07, 6.45) is 0.692. The van der Waals surface area contributed by atoms with Gasteiger partial charge in [0.15, 0.2) is 0 Å². The van der Waals surface area contributed by atoms with Crippen molar-refractivity contribution >= 4 is 5.91 Å². The van der Waals surface area contributed by atoms with Crippen LogP contribution < -0.4 is 10.1 Å². The highest BCUT2D eigenvalue weighted by Crippen LogP contribution is 2.20. The number of nitrogens with zero attached hydrogens (tertiary/aromatic N) is 2. The fraction of sp³-hybridized carbons (Fsp3) is 0.250. The second-order valence-corrected chi connectivity index (χ2v) is 5.94. The predicted molar refractivity (Wildman–Crippen MR) is 97.6 cm³/mol. The van der Waals surface area contributed by atoms with E-state index in [0.29, 0.717) is 24.6 Å². The first-order valence-corrected chi connectivity index (χ1v) is 8.47. The molecule has 1 heterocycles. The lowest BCUT2D eigenvalue weighted by Gasteiger charge is -2.13. The van der Waals surface area contributed by atoms with Crippen LogP contribution >= 0.6 is 0 Å². The minimum atomic E-state index is -0.0504. The van der Waals surface area contributed by atoms with Crippen molar-refractivity contribution in [2.75, 3.05) is 7.11 Å². The number of hydrogen-bond donors (Lipinski definition) is 1. The molecule has 0 bridgehead atoms. The molecule has 0 aliphatic heterocycles. The van der Waals surface area contributed by atoms with E-state index in [1.54, 1.807) is 7.11 Å². The maximum absolute atomic E-state index is 12.1. The van der Waals surface area contributed by atoms with Crippen LogP contribution in [0.25, 0.3) is 11.4 Å². The van der Waals surface area contributed by atoms with Crippen molar-refractivity contribution in [1.29, 1.82) is 0 Å². The van der Waals surface area contributed by atoms with Gasteiger partial charge in [0.2, 0.25) is 17.6 Å². The summed E-state index contributed by atoms with van der Waals surface area (Å²) in [5.74, 6) is 1.66. The van der Waals surface area contributed by atoms with Gasteiger partial charge in [-0.2, -0.15) is 4.98 Å². The molecule has 134 valence electrons. The third-order valence-electron chi connectivity index (χ3n) is 4.06. The van der Waals surface area contributed by atoms with Crippen LogP contribution in [0.1, 0.15) is 30.8 Å². The molecule has 0 aliphatic carbocycles. The van der Waals surface area contributed by atoms with Gasteiger partial charge >= 0.3 is 0 Å². The standard InChI is InChI=1S/C20H21N3O3/c1-14(15-6-4-3-5-7-15)21-18(24)12-13-19-22-20(23-26-19)16-8-10-17(25-2)11-9-16/h3-11,14H,12-13H2,1-2H3,(H,21,24)/t14-/m0/s1. The molecular weight excluding hydrogens is 330 g/mol. The van der Waals surface area contributed by atoms with E-state index >= 15 is 0 Å². The monoisotopic (exact) mass is 351 g/mol. The summed E-state index contributed by atoms with van der Waals surface area (Å²) in [4.78, 5) is 16.5. The molecule has 1 aromatic heterocycles. The lowest BCUT2D eigenvalue weighted by Crippen LogP contribution is -2.26. The van der Waals surface area contributed by atoms with Gasteiger partial charge in [0.1, 0.15) is 5.75 Å². The van der Waals surface area contributed by atoms with Crippen molar-refractivity contribution in [1.82, 2.24) is 15.5 Å². The smallest absolute Gasteiger partial charge is 0.227 e. The Morgan fingerprint density at radius 1 is 1.15 bits per heavy atom. The third kappa shape index (κ3) is 4.47. The van der Waals surface area contributed by atoms with E-state index in [1.807, 2.05) is 61.5 Å². The van der Waals surface area contributed by atoms with Crippen molar-refractivity contribution in [3.05, 3.63) is 66.1 Å². The highest BCUT2D eigenvalue weighted by molar-refractivity contribution is 5.76. The van der Waals surface area contributed by atoms with Gasteiger partial charge in [-0.15, -0.1) is 0 Å². The summed E-state index contributed by atoms with van der Waals surface area (Å²) >= 11 is 0. The quantitative estimate of drug-likeness (QED) is 0.704. The SMILES string of the molecule is COc1ccc(-c2noc(CCC(=O)N[C@@H](C)c3ccccc3)n2)cc1. The Kier molecular flexibility index (Phi) is 5.63. The van der Waals surface area contributed by atoms with E-state index in [9.17, 15) is 4.79 Å². The maximum Gasteiger partial charge on any atom is 0.227 e. The van der Waals surface area contributed by atoms with E-state index < -0.39 is 0 Å². The van der Waals surface area contributed by atoms with Gasteiger partial charge in [-0.1, -0.05) is 35.5 Å². The highest BCUT2D eigenvalue weighted by atomic mass is 16.5. The lowest BCUT2D eigenvalue weighted by molar-refractivity contribution is -0.121. The zero-order chi connectivity index (χ0) is 18.4. The third-order valence-corrected chi connectivity index (χ3v) is 4.06. The molecule has 6 nitrogen and oxygen atoms in total. The van der Waals surface area contributed by atoms with E-state index in [1.165, 1.54) is 0 Å². The Bertz CT molecular complexity index is 844. The molecule has 1 N–H and O–H groups in total. The average molecular weight is 351 g/mol. The molecular formula is C20H21N3O3. The van der Waals surface area contributed by atoms with Crippen LogP contribution in [-0.2, 0) is 11.2 Å². The fourth-order valence-corrected chi connectivity index (χ4v) is 2.57. The van der Waals surface area contributed by atoms with Crippen LogP contribution in [0.15, 0.2) is 59.1 Å². The summed E-state index contributed by atoms with van der Waals surface area (Å²) in [6, 6.07) is 17.2. The number of amides is 1. The predicted octanol–water partition coefficient (Wildman–Crippen LogP) is 3.56. The van der Waals surface area contributed by atoms with Gasteiger partial charge in [-0.3, -0.25) is 4.79 Å². The minimum absolute atomic E-state index is 0.0405. The van der Waals surface area contributed by atoms with Crippen molar-refractivity contribution in [3.63, 3.8) is 0 Å². The Hall–Kier alpha value is -3.15. The van der Waals surface area contributed by atoms with Crippen LogP contribution in [-0.4, -0.2) is 23.2 Å². The maximum atomic E-state index is 12.1. The summed E-state index contributed by atoms with van der Waals surface area (Å²) in [7, 11) is 1.62. The first-order chi connectivity index (χ1) is 12.7. The molecule has 26 heavy (non-hydrogen) atoms. The number of carbonyl (C=O) groups is 1. The summed E-state index contributed by atoms with van der Waals surface area (Å²) in [5.41, 5.74) is 1.91. The first-order valence-electron chi connectivity index (χ1n) is 8.47. The number of benzene rings is 2. The Balaban J connectivity index is 1.53. The normalized spacial score (nSPS) is 11.8. The van der Waals surface area contributed by atoms with Crippen molar-refractivity contribution < 1.29 is 14.1 Å². The second kappa shape index (κ2) is 8.29. The average Bonchev–Trinajstić information content (AvgIpc) is 3.16. The number of carbonyl (C=O) groups excluding carboxylic acids is 1. The largest absolute Gasteiger partial charge is 0.497 e. The van der Waals surface area contributed by atoms with Gasteiger partial charge in [0, 0.05) is 18.4 Å². The zero-order valence-electron chi connectivity index (χ0n) is 14.8. The second-order valence-electron chi connectivity index (χ2n) is 5.94. The number of aromatic nitrogens is 2. The van der Waals surface area contributed by atoms with Crippen LogP contribution in [0.4, 0.5) is 0 Å².